The quantitative estimate of drug-likeness (QED) is 0.663. The molecule has 2 amide bonds. The van der Waals surface area contributed by atoms with Crippen molar-refractivity contribution in [1.82, 2.24) is 0 Å². The second-order valence-electron chi connectivity index (χ2n) is 5.15. The Morgan fingerprint density at radius 1 is 0.680 bits per heavy atom. The Morgan fingerprint density at radius 3 is 1.28 bits per heavy atom. The molecule has 0 saturated heterocycles. The molecule has 0 aliphatic carbocycles. The first-order valence-electron chi connectivity index (χ1n) is 7.21. The van der Waals surface area contributed by atoms with E-state index in [1.165, 1.54) is 0 Å². The summed E-state index contributed by atoms with van der Waals surface area (Å²) in [7, 11) is 0. The smallest absolute Gasteiger partial charge is 0.257 e. The Hall–Kier alpha value is -1.46. The highest BCUT2D eigenvalue weighted by Crippen LogP contribution is 2.17. The van der Waals surface area contributed by atoms with Crippen LogP contribution in [-0.2, 0) is 16.0 Å². The number of rotatable bonds is 6. The summed E-state index contributed by atoms with van der Waals surface area (Å²) in [5.41, 5.74) is 3.36. The van der Waals surface area contributed by atoms with E-state index in [0.29, 0.717) is 17.8 Å². The molecule has 0 atom stereocenters. The standard InChI is InChI=1S/C17H14Cl4N2O2/c18-14(19)16(24)22-12-5-1-10(2-6-12)9-11-3-7-13(8-4-11)23-17(25)15(20)21/h1-8,14-15H,9H2,(H,22,24)(H,23,25). The van der Waals surface area contributed by atoms with Crippen LogP contribution < -0.4 is 10.6 Å². The van der Waals surface area contributed by atoms with Crippen molar-refractivity contribution < 1.29 is 9.59 Å². The molecule has 0 aliphatic heterocycles. The lowest BCUT2D eigenvalue weighted by Gasteiger charge is -2.08. The molecule has 0 saturated carbocycles. The summed E-state index contributed by atoms with van der Waals surface area (Å²) in [6, 6.07) is 14.7. The van der Waals surface area contributed by atoms with Gasteiger partial charge < -0.3 is 10.6 Å². The number of hydrogen-bond donors (Lipinski definition) is 2. The number of nitrogens with one attached hydrogen (secondary N) is 2. The van der Waals surface area contributed by atoms with Crippen molar-refractivity contribution in [3.63, 3.8) is 0 Å². The lowest BCUT2D eigenvalue weighted by Crippen LogP contribution is -2.18. The van der Waals surface area contributed by atoms with Crippen LogP contribution in [0.1, 0.15) is 11.1 Å². The zero-order chi connectivity index (χ0) is 18.4. The van der Waals surface area contributed by atoms with Crippen LogP contribution in [0.5, 0.6) is 0 Å². The van der Waals surface area contributed by atoms with Gasteiger partial charge in [-0.2, -0.15) is 0 Å². The van der Waals surface area contributed by atoms with Crippen LogP contribution in [0.3, 0.4) is 0 Å². The van der Waals surface area contributed by atoms with E-state index < -0.39 is 21.5 Å². The predicted molar refractivity (Wildman–Crippen MR) is 104 cm³/mol. The maximum atomic E-state index is 11.4. The van der Waals surface area contributed by atoms with Gasteiger partial charge in [-0.15, -0.1) is 0 Å². The number of alkyl halides is 4. The van der Waals surface area contributed by atoms with Crippen LogP contribution in [0.15, 0.2) is 48.5 Å². The molecule has 2 N–H and O–H groups in total. The molecule has 4 nitrogen and oxygen atoms in total. The van der Waals surface area contributed by atoms with Gasteiger partial charge in [0.15, 0.2) is 9.67 Å². The van der Waals surface area contributed by atoms with E-state index >= 15 is 0 Å². The Morgan fingerprint density at radius 2 is 1.00 bits per heavy atom. The SMILES string of the molecule is O=C(Nc1ccc(Cc2ccc(NC(=O)C(Cl)Cl)cc2)cc1)C(Cl)Cl. The molecule has 2 aromatic rings. The number of amides is 2. The van der Waals surface area contributed by atoms with Crippen LogP contribution in [0.4, 0.5) is 11.4 Å². The maximum absolute atomic E-state index is 11.4. The lowest BCUT2D eigenvalue weighted by molar-refractivity contribution is -0.115. The van der Waals surface area contributed by atoms with Crippen molar-refractivity contribution in [2.24, 2.45) is 0 Å². The van der Waals surface area contributed by atoms with Gasteiger partial charge in [-0.05, 0) is 41.8 Å². The molecular weight excluding hydrogens is 406 g/mol. The molecule has 132 valence electrons. The van der Waals surface area contributed by atoms with Gasteiger partial charge in [0, 0.05) is 11.4 Å². The molecule has 0 fully saturated rings. The molecule has 0 aliphatic rings. The molecule has 0 radical (unpaired) electrons. The van der Waals surface area contributed by atoms with Crippen molar-refractivity contribution in [2.75, 3.05) is 10.6 Å². The third-order valence-electron chi connectivity index (χ3n) is 3.25. The van der Waals surface area contributed by atoms with Crippen LogP contribution in [0, 0.1) is 0 Å². The normalized spacial score (nSPS) is 10.8. The van der Waals surface area contributed by atoms with Crippen molar-refractivity contribution in [2.45, 2.75) is 16.1 Å². The molecule has 0 heterocycles. The summed E-state index contributed by atoms with van der Waals surface area (Å²) >= 11 is 22.0. The van der Waals surface area contributed by atoms with Crippen LogP contribution in [0.25, 0.3) is 0 Å². The highest BCUT2D eigenvalue weighted by molar-refractivity contribution is 6.55. The molecule has 0 unspecified atom stereocenters. The van der Waals surface area contributed by atoms with E-state index in [1.807, 2.05) is 24.3 Å². The molecule has 2 aromatic carbocycles. The molecule has 0 aromatic heterocycles. The van der Waals surface area contributed by atoms with Gasteiger partial charge in [-0.1, -0.05) is 70.7 Å². The van der Waals surface area contributed by atoms with Crippen LogP contribution in [-0.4, -0.2) is 21.5 Å². The zero-order valence-corrected chi connectivity index (χ0v) is 15.8. The molecule has 2 rings (SSSR count). The summed E-state index contributed by atoms with van der Waals surface area (Å²) in [6.07, 6.45) is 0.698. The van der Waals surface area contributed by atoms with E-state index in [0.717, 1.165) is 11.1 Å². The van der Waals surface area contributed by atoms with Crippen molar-refractivity contribution in [3.8, 4) is 0 Å². The monoisotopic (exact) mass is 418 g/mol. The fraction of sp³-hybridized carbons (Fsp3) is 0.176. The second kappa shape index (κ2) is 9.30. The van der Waals surface area contributed by atoms with Gasteiger partial charge in [0.2, 0.25) is 0 Å². The van der Waals surface area contributed by atoms with E-state index in [1.54, 1.807) is 24.3 Å². The predicted octanol–water partition coefficient (Wildman–Crippen LogP) is 4.76. The number of hydrogen-bond acceptors (Lipinski definition) is 2. The minimum Gasteiger partial charge on any atom is -0.324 e. The lowest BCUT2D eigenvalue weighted by atomic mass is 10.0. The number of benzene rings is 2. The third-order valence-corrected chi connectivity index (χ3v) is 4.04. The Labute approximate surface area is 165 Å². The van der Waals surface area contributed by atoms with Gasteiger partial charge >= 0.3 is 0 Å². The highest BCUT2D eigenvalue weighted by atomic mass is 35.5. The molecule has 0 spiro atoms. The number of anilines is 2. The summed E-state index contributed by atoms with van der Waals surface area (Å²) in [6.45, 7) is 0. The average Bonchev–Trinajstić information content (AvgIpc) is 2.58. The summed E-state index contributed by atoms with van der Waals surface area (Å²) in [4.78, 5) is 20.6. The van der Waals surface area contributed by atoms with Gasteiger partial charge in [0.25, 0.3) is 11.8 Å². The first-order chi connectivity index (χ1) is 11.8. The Balaban J connectivity index is 1.95. The van der Waals surface area contributed by atoms with E-state index in [-0.39, 0.29) is 0 Å². The first-order valence-corrected chi connectivity index (χ1v) is 8.95. The Kier molecular flexibility index (Phi) is 7.38. The molecule has 25 heavy (non-hydrogen) atoms. The van der Waals surface area contributed by atoms with Crippen molar-refractivity contribution >= 4 is 69.6 Å². The summed E-state index contributed by atoms with van der Waals surface area (Å²) < 4.78 is 0. The number of carbonyl (C=O) groups excluding carboxylic acids is 2. The van der Waals surface area contributed by atoms with Gasteiger partial charge in [-0.25, -0.2) is 0 Å². The van der Waals surface area contributed by atoms with Gasteiger partial charge in [-0.3, -0.25) is 9.59 Å². The average molecular weight is 420 g/mol. The fourth-order valence-electron chi connectivity index (χ4n) is 2.04. The zero-order valence-electron chi connectivity index (χ0n) is 12.8. The van der Waals surface area contributed by atoms with Crippen molar-refractivity contribution in [3.05, 3.63) is 59.7 Å². The fourth-order valence-corrected chi connectivity index (χ4v) is 2.26. The maximum Gasteiger partial charge on any atom is 0.257 e. The van der Waals surface area contributed by atoms with Crippen molar-refractivity contribution in [1.29, 1.82) is 0 Å². The second-order valence-corrected chi connectivity index (χ2v) is 7.34. The number of halogens is 4. The molecule has 8 heteroatoms. The summed E-state index contributed by atoms with van der Waals surface area (Å²) in [5.74, 6) is -0.935. The van der Waals surface area contributed by atoms with E-state index in [2.05, 4.69) is 10.6 Å². The Bertz CT molecular complexity index is 668. The molecule has 0 bridgehead atoms. The minimum absolute atomic E-state index is 0.468. The van der Waals surface area contributed by atoms with E-state index in [9.17, 15) is 9.59 Å². The first kappa shape index (κ1) is 19.9. The van der Waals surface area contributed by atoms with Crippen LogP contribution >= 0.6 is 46.4 Å². The van der Waals surface area contributed by atoms with Gasteiger partial charge in [0.05, 0.1) is 0 Å². The van der Waals surface area contributed by atoms with Gasteiger partial charge in [0.1, 0.15) is 0 Å². The summed E-state index contributed by atoms with van der Waals surface area (Å²) in [5, 5.41) is 5.21. The molecular formula is C17H14Cl4N2O2. The minimum atomic E-state index is -1.11. The largest absolute Gasteiger partial charge is 0.324 e. The highest BCUT2D eigenvalue weighted by Gasteiger charge is 2.12. The van der Waals surface area contributed by atoms with Crippen LogP contribution in [0.2, 0.25) is 0 Å². The topological polar surface area (TPSA) is 58.2 Å². The number of carbonyl (C=O) groups is 2. The third kappa shape index (κ3) is 6.40. The van der Waals surface area contributed by atoms with E-state index in [4.69, 9.17) is 46.4 Å².